The van der Waals surface area contributed by atoms with Gasteiger partial charge in [0, 0.05) is 30.3 Å². The Morgan fingerprint density at radius 1 is 1.25 bits per heavy atom. The van der Waals surface area contributed by atoms with Gasteiger partial charge in [-0.1, -0.05) is 23.7 Å². The fourth-order valence-corrected chi connectivity index (χ4v) is 3.76. The molecule has 0 fully saturated rings. The first-order valence-electron chi connectivity index (χ1n) is 8.49. The average Bonchev–Trinajstić information content (AvgIpc) is 3.36. The molecule has 3 heterocycles. The van der Waals surface area contributed by atoms with Crippen molar-refractivity contribution in [3.63, 3.8) is 0 Å². The van der Waals surface area contributed by atoms with E-state index in [2.05, 4.69) is 15.4 Å². The van der Waals surface area contributed by atoms with Gasteiger partial charge in [0.25, 0.3) is 0 Å². The maximum Gasteiger partial charge on any atom is 0.217 e. The van der Waals surface area contributed by atoms with E-state index in [9.17, 15) is 9.59 Å². The summed E-state index contributed by atoms with van der Waals surface area (Å²) < 4.78 is 1.65. The number of nitrogens with one attached hydrogen (secondary N) is 1. The van der Waals surface area contributed by atoms with Crippen molar-refractivity contribution in [3.05, 3.63) is 75.2 Å². The van der Waals surface area contributed by atoms with E-state index in [0.29, 0.717) is 27.7 Å². The second kappa shape index (κ2) is 7.53. The fourth-order valence-electron chi connectivity index (χ4n) is 2.90. The standard InChI is InChI=1S/C20H15ClN4O2S/c1-12(26)23-10-14-9-13(4-5-16(14)21)17-6-7-22-20-15(11-24-25(17)20)19(27)18-3-2-8-28-18/h2-9,11H,10H2,1H3,(H,23,26). The van der Waals surface area contributed by atoms with Gasteiger partial charge in [-0.05, 0) is 35.2 Å². The second-order valence-corrected chi connectivity index (χ2v) is 7.50. The van der Waals surface area contributed by atoms with Crippen LogP contribution in [0.1, 0.15) is 27.7 Å². The van der Waals surface area contributed by atoms with Gasteiger partial charge in [0.05, 0.1) is 22.3 Å². The molecule has 0 bridgehead atoms. The molecule has 1 amide bonds. The van der Waals surface area contributed by atoms with Gasteiger partial charge in [0.15, 0.2) is 5.65 Å². The smallest absolute Gasteiger partial charge is 0.217 e. The van der Waals surface area contributed by atoms with Gasteiger partial charge in [0.1, 0.15) is 0 Å². The van der Waals surface area contributed by atoms with Gasteiger partial charge < -0.3 is 5.32 Å². The number of carbonyl (C=O) groups is 2. The lowest BCUT2D eigenvalue weighted by atomic mass is 10.1. The molecule has 3 aromatic heterocycles. The number of benzene rings is 1. The zero-order chi connectivity index (χ0) is 19.7. The van der Waals surface area contributed by atoms with Crippen LogP contribution in [-0.4, -0.2) is 26.3 Å². The molecule has 0 saturated heterocycles. The lowest BCUT2D eigenvalue weighted by Crippen LogP contribution is -2.19. The average molecular weight is 411 g/mol. The van der Waals surface area contributed by atoms with Crippen LogP contribution >= 0.6 is 22.9 Å². The first kappa shape index (κ1) is 18.3. The van der Waals surface area contributed by atoms with Crippen LogP contribution < -0.4 is 5.32 Å². The van der Waals surface area contributed by atoms with Crippen LogP contribution in [-0.2, 0) is 11.3 Å². The monoisotopic (exact) mass is 410 g/mol. The van der Waals surface area contributed by atoms with Crippen LogP contribution in [0, 0.1) is 0 Å². The predicted molar refractivity (Wildman–Crippen MR) is 109 cm³/mol. The molecular weight excluding hydrogens is 396 g/mol. The second-order valence-electron chi connectivity index (χ2n) is 6.15. The van der Waals surface area contributed by atoms with Crippen molar-refractivity contribution in [1.29, 1.82) is 0 Å². The van der Waals surface area contributed by atoms with E-state index in [1.165, 1.54) is 18.3 Å². The van der Waals surface area contributed by atoms with E-state index >= 15 is 0 Å². The summed E-state index contributed by atoms with van der Waals surface area (Å²) in [6.45, 7) is 1.79. The van der Waals surface area contributed by atoms with Gasteiger partial charge in [-0.2, -0.15) is 5.10 Å². The van der Waals surface area contributed by atoms with E-state index < -0.39 is 0 Å². The highest BCUT2D eigenvalue weighted by atomic mass is 35.5. The van der Waals surface area contributed by atoms with Crippen molar-refractivity contribution in [1.82, 2.24) is 19.9 Å². The molecule has 4 rings (SSSR count). The normalized spacial score (nSPS) is 10.9. The molecule has 140 valence electrons. The van der Waals surface area contributed by atoms with Crippen molar-refractivity contribution >= 4 is 40.3 Å². The molecule has 6 nitrogen and oxygen atoms in total. The Balaban J connectivity index is 1.77. The topological polar surface area (TPSA) is 76.4 Å². The van der Waals surface area contributed by atoms with Gasteiger partial charge in [-0.3, -0.25) is 9.59 Å². The molecule has 0 saturated carbocycles. The number of carbonyl (C=O) groups excluding carboxylic acids is 2. The molecule has 0 spiro atoms. The highest BCUT2D eigenvalue weighted by Crippen LogP contribution is 2.27. The molecule has 0 radical (unpaired) electrons. The number of hydrogen-bond donors (Lipinski definition) is 1. The first-order chi connectivity index (χ1) is 13.5. The number of thiophene rings is 1. The van der Waals surface area contributed by atoms with Crippen molar-refractivity contribution < 1.29 is 9.59 Å². The Morgan fingerprint density at radius 3 is 2.86 bits per heavy atom. The lowest BCUT2D eigenvalue weighted by Gasteiger charge is -2.10. The summed E-state index contributed by atoms with van der Waals surface area (Å²) >= 11 is 7.64. The number of amides is 1. The molecular formula is C20H15ClN4O2S. The summed E-state index contributed by atoms with van der Waals surface area (Å²) in [4.78, 5) is 29.0. The van der Waals surface area contributed by atoms with Gasteiger partial charge in [-0.15, -0.1) is 11.3 Å². The van der Waals surface area contributed by atoms with Crippen LogP contribution in [0.3, 0.4) is 0 Å². The maximum atomic E-state index is 12.7. The summed E-state index contributed by atoms with van der Waals surface area (Å²) in [5, 5.41) is 9.57. The molecule has 8 heteroatoms. The van der Waals surface area contributed by atoms with Crippen LogP contribution in [0.25, 0.3) is 16.9 Å². The molecule has 4 aromatic rings. The minimum Gasteiger partial charge on any atom is -0.352 e. The van der Waals surface area contributed by atoms with E-state index in [4.69, 9.17) is 11.6 Å². The third-order valence-corrected chi connectivity index (χ3v) is 5.50. The Kier molecular flexibility index (Phi) is 4.93. The highest BCUT2D eigenvalue weighted by molar-refractivity contribution is 7.12. The Labute approximate surface area is 169 Å². The minimum atomic E-state index is -0.128. The molecule has 0 atom stereocenters. The Morgan fingerprint density at radius 2 is 2.11 bits per heavy atom. The van der Waals surface area contributed by atoms with E-state index in [1.54, 1.807) is 29.0 Å². The summed E-state index contributed by atoms with van der Waals surface area (Å²) in [5.41, 5.74) is 3.37. The molecule has 0 aliphatic carbocycles. The van der Waals surface area contributed by atoms with Gasteiger partial charge in [0.2, 0.25) is 11.7 Å². The molecule has 1 N–H and O–H groups in total. The van der Waals surface area contributed by atoms with Crippen LogP contribution in [0.15, 0.2) is 54.2 Å². The predicted octanol–water partition coefficient (Wildman–Crippen LogP) is 3.98. The van der Waals surface area contributed by atoms with E-state index in [1.807, 2.05) is 29.6 Å². The number of nitrogens with zero attached hydrogens (tertiary/aromatic N) is 3. The number of halogens is 1. The third-order valence-electron chi connectivity index (χ3n) is 4.26. The van der Waals surface area contributed by atoms with Gasteiger partial charge in [-0.25, -0.2) is 9.50 Å². The van der Waals surface area contributed by atoms with Crippen LogP contribution in [0.4, 0.5) is 0 Å². The lowest BCUT2D eigenvalue weighted by molar-refractivity contribution is -0.119. The largest absolute Gasteiger partial charge is 0.352 e. The number of hydrogen-bond acceptors (Lipinski definition) is 5. The van der Waals surface area contributed by atoms with Crippen LogP contribution in [0.5, 0.6) is 0 Å². The highest BCUT2D eigenvalue weighted by Gasteiger charge is 2.18. The van der Waals surface area contributed by atoms with E-state index in [0.717, 1.165) is 16.8 Å². The quantitative estimate of drug-likeness (QED) is 0.505. The zero-order valence-corrected chi connectivity index (χ0v) is 16.4. The molecule has 1 aromatic carbocycles. The Bertz CT molecular complexity index is 1180. The summed E-state index contributed by atoms with van der Waals surface area (Å²) in [6.07, 6.45) is 3.20. The fraction of sp³-hybridized carbons (Fsp3) is 0.100. The summed E-state index contributed by atoms with van der Waals surface area (Å²) in [6, 6.07) is 11.0. The Hall–Kier alpha value is -3.03. The van der Waals surface area contributed by atoms with Crippen molar-refractivity contribution in [2.45, 2.75) is 13.5 Å². The first-order valence-corrected chi connectivity index (χ1v) is 9.74. The SMILES string of the molecule is CC(=O)NCc1cc(-c2ccnc3c(C(=O)c4cccs4)cnn23)ccc1Cl. The van der Waals surface area contributed by atoms with Crippen molar-refractivity contribution in [2.75, 3.05) is 0 Å². The molecule has 0 aliphatic heterocycles. The number of rotatable bonds is 5. The van der Waals surface area contributed by atoms with Gasteiger partial charge >= 0.3 is 0 Å². The third kappa shape index (κ3) is 3.42. The summed E-state index contributed by atoms with van der Waals surface area (Å²) in [5.74, 6) is -0.228. The minimum absolute atomic E-state index is 0.0999. The maximum absolute atomic E-state index is 12.7. The molecule has 0 aliphatic rings. The number of ketones is 1. The van der Waals surface area contributed by atoms with Crippen molar-refractivity contribution in [3.8, 4) is 11.3 Å². The molecule has 28 heavy (non-hydrogen) atoms. The molecule has 0 unspecified atom stereocenters. The van der Waals surface area contributed by atoms with E-state index in [-0.39, 0.29) is 11.7 Å². The van der Waals surface area contributed by atoms with Crippen molar-refractivity contribution in [2.24, 2.45) is 0 Å². The van der Waals surface area contributed by atoms with Crippen LogP contribution in [0.2, 0.25) is 5.02 Å². The summed E-state index contributed by atoms with van der Waals surface area (Å²) in [7, 11) is 0. The number of fused-ring (bicyclic) bond motifs is 1. The zero-order valence-electron chi connectivity index (χ0n) is 14.8. The number of aromatic nitrogens is 3.